The minimum absolute atomic E-state index is 0.0400. The number of hydrogen-bond acceptors (Lipinski definition) is 4. The predicted molar refractivity (Wildman–Crippen MR) is 93.0 cm³/mol. The van der Waals surface area contributed by atoms with Gasteiger partial charge in [0.1, 0.15) is 11.0 Å². The molecule has 0 spiro atoms. The van der Waals surface area contributed by atoms with Crippen molar-refractivity contribution in [3.63, 3.8) is 0 Å². The minimum atomic E-state index is -0.173. The van der Waals surface area contributed by atoms with E-state index in [-0.39, 0.29) is 17.9 Å². The van der Waals surface area contributed by atoms with Crippen molar-refractivity contribution in [3.8, 4) is 0 Å². The minimum Gasteiger partial charge on any atom is -0.326 e. The van der Waals surface area contributed by atoms with E-state index in [1.54, 1.807) is 6.07 Å². The molecule has 2 aliphatic heterocycles. The molecule has 1 aromatic carbocycles. The monoisotopic (exact) mass is 342 g/mol. The number of piperidine rings is 1. The van der Waals surface area contributed by atoms with Crippen LogP contribution in [0, 0.1) is 5.92 Å². The van der Waals surface area contributed by atoms with Crippen LogP contribution < -0.4 is 5.32 Å². The molecule has 132 valence electrons. The maximum absolute atomic E-state index is 12.6. The number of nitrogens with one attached hydrogen (secondary N) is 2. The SMILES string of the molecule is O=C(Nc1ccc2n[nH]nc2c1)[C@H]1CCCN(C(=O)N2CCCC2)C1. The van der Waals surface area contributed by atoms with Crippen molar-refractivity contribution >= 4 is 28.7 Å². The summed E-state index contributed by atoms with van der Waals surface area (Å²) in [6.45, 7) is 2.91. The lowest BCUT2D eigenvalue weighted by Crippen LogP contribution is -2.48. The lowest BCUT2D eigenvalue weighted by atomic mass is 9.97. The second-order valence-electron chi connectivity index (χ2n) is 6.78. The Morgan fingerprint density at radius 2 is 1.80 bits per heavy atom. The summed E-state index contributed by atoms with van der Waals surface area (Å²) in [4.78, 5) is 28.9. The van der Waals surface area contributed by atoms with Crippen LogP contribution in [0.15, 0.2) is 18.2 Å². The van der Waals surface area contributed by atoms with E-state index >= 15 is 0 Å². The summed E-state index contributed by atoms with van der Waals surface area (Å²) < 4.78 is 0. The van der Waals surface area contributed by atoms with Gasteiger partial charge >= 0.3 is 6.03 Å². The Balaban J connectivity index is 1.39. The van der Waals surface area contributed by atoms with Crippen molar-refractivity contribution in [2.24, 2.45) is 5.92 Å². The predicted octanol–water partition coefficient (Wildman–Crippen LogP) is 1.82. The molecule has 0 bridgehead atoms. The van der Waals surface area contributed by atoms with Crippen molar-refractivity contribution < 1.29 is 9.59 Å². The number of hydrogen-bond donors (Lipinski definition) is 2. The molecular formula is C17H22N6O2. The van der Waals surface area contributed by atoms with Crippen LogP contribution in [0.1, 0.15) is 25.7 Å². The number of rotatable bonds is 2. The third-order valence-electron chi connectivity index (χ3n) is 5.02. The Kier molecular flexibility index (Phi) is 4.25. The van der Waals surface area contributed by atoms with Crippen molar-refractivity contribution in [1.82, 2.24) is 25.2 Å². The van der Waals surface area contributed by atoms with E-state index in [2.05, 4.69) is 20.7 Å². The number of anilines is 1. The third kappa shape index (κ3) is 3.29. The molecular weight excluding hydrogens is 320 g/mol. The van der Waals surface area contributed by atoms with Gasteiger partial charge < -0.3 is 15.1 Å². The Hall–Kier alpha value is -2.64. The van der Waals surface area contributed by atoms with Crippen LogP contribution in [0.4, 0.5) is 10.5 Å². The number of aromatic nitrogens is 3. The molecule has 3 heterocycles. The fourth-order valence-corrected chi connectivity index (χ4v) is 3.64. The second-order valence-corrected chi connectivity index (χ2v) is 6.78. The number of urea groups is 1. The molecule has 0 unspecified atom stereocenters. The summed E-state index contributed by atoms with van der Waals surface area (Å²) in [7, 11) is 0. The van der Waals surface area contributed by atoms with Gasteiger partial charge in [0.05, 0.1) is 5.92 Å². The van der Waals surface area contributed by atoms with Gasteiger partial charge in [0.2, 0.25) is 5.91 Å². The highest BCUT2D eigenvalue weighted by Crippen LogP contribution is 2.22. The molecule has 8 heteroatoms. The number of likely N-dealkylation sites (tertiary alicyclic amines) is 2. The van der Waals surface area contributed by atoms with Gasteiger partial charge in [-0.15, -0.1) is 0 Å². The first-order chi connectivity index (χ1) is 12.2. The van der Waals surface area contributed by atoms with E-state index in [1.165, 1.54) is 0 Å². The summed E-state index contributed by atoms with van der Waals surface area (Å²) in [6, 6.07) is 5.52. The number of carbonyl (C=O) groups excluding carboxylic acids is 2. The van der Waals surface area contributed by atoms with Crippen LogP contribution in [0.2, 0.25) is 0 Å². The maximum atomic E-state index is 12.6. The number of amides is 3. The van der Waals surface area contributed by atoms with E-state index < -0.39 is 0 Å². The lowest BCUT2D eigenvalue weighted by molar-refractivity contribution is -0.121. The average molecular weight is 342 g/mol. The van der Waals surface area contributed by atoms with Crippen LogP contribution in [-0.4, -0.2) is 63.3 Å². The van der Waals surface area contributed by atoms with E-state index in [9.17, 15) is 9.59 Å². The molecule has 3 amide bonds. The fraction of sp³-hybridized carbons (Fsp3) is 0.529. The van der Waals surface area contributed by atoms with Gasteiger partial charge in [-0.1, -0.05) is 0 Å². The molecule has 2 aromatic rings. The number of aromatic amines is 1. The largest absolute Gasteiger partial charge is 0.326 e. The Labute approximate surface area is 145 Å². The topological polar surface area (TPSA) is 94.2 Å². The van der Waals surface area contributed by atoms with Gasteiger partial charge in [0.25, 0.3) is 0 Å². The molecule has 0 radical (unpaired) electrons. The number of H-pyrrole nitrogens is 1. The van der Waals surface area contributed by atoms with Gasteiger partial charge in [-0.05, 0) is 43.9 Å². The number of fused-ring (bicyclic) bond motifs is 1. The zero-order chi connectivity index (χ0) is 17.2. The van der Waals surface area contributed by atoms with Gasteiger partial charge in [-0.3, -0.25) is 4.79 Å². The van der Waals surface area contributed by atoms with Gasteiger partial charge in [0.15, 0.2) is 0 Å². The van der Waals surface area contributed by atoms with Crippen LogP contribution in [0.3, 0.4) is 0 Å². The molecule has 8 nitrogen and oxygen atoms in total. The van der Waals surface area contributed by atoms with Crippen molar-refractivity contribution in [1.29, 1.82) is 0 Å². The lowest BCUT2D eigenvalue weighted by Gasteiger charge is -2.34. The van der Waals surface area contributed by atoms with Crippen LogP contribution in [0.25, 0.3) is 11.0 Å². The molecule has 4 rings (SSSR count). The first kappa shape index (κ1) is 15.9. The Bertz CT molecular complexity index is 782. The van der Waals surface area contributed by atoms with Gasteiger partial charge in [-0.25, -0.2) is 4.79 Å². The summed E-state index contributed by atoms with van der Waals surface area (Å²) >= 11 is 0. The Morgan fingerprint density at radius 1 is 1.04 bits per heavy atom. The quantitative estimate of drug-likeness (QED) is 0.870. The summed E-state index contributed by atoms with van der Waals surface area (Å²) in [5.74, 6) is -0.213. The second kappa shape index (κ2) is 6.70. The van der Waals surface area contributed by atoms with E-state index in [0.717, 1.165) is 50.8 Å². The van der Waals surface area contributed by atoms with Gasteiger partial charge in [-0.2, -0.15) is 15.4 Å². The maximum Gasteiger partial charge on any atom is 0.320 e. The molecule has 0 aliphatic carbocycles. The van der Waals surface area contributed by atoms with E-state index in [0.29, 0.717) is 17.7 Å². The summed E-state index contributed by atoms with van der Waals surface area (Å²) in [5.41, 5.74) is 2.18. The van der Waals surface area contributed by atoms with E-state index in [1.807, 2.05) is 21.9 Å². The van der Waals surface area contributed by atoms with Crippen molar-refractivity contribution in [3.05, 3.63) is 18.2 Å². The van der Waals surface area contributed by atoms with Crippen molar-refractivity contribution in [2.45, 2.75) is 25.7 Å². The summed E-state index contributed by atoms with van der Waals surface area (Å²) in [6.07, 6.45) is 3.82. The van der Waals surface area contributed by atoms with Gasteiger partial charge in [0, 0.05) is 31.9 Å². The van der Waals surface area contributed by atoms with Crippen LogP contribution in [-0.2, 0) is 4.79 Å². The molecule has 2 saturated heterocycles. The molecule has 2 N–H and O–H groups in total. The van der Waals surface area contributed by atoms with E-state index in [4.69, 9.17) is 0 Å². The van der Waals surface area contributed by atoms with Crippen LogP contribution in [0.5, 0.6) is 0 Å². The van der Waals surface area contributed by atoms with Crippen molar-refractivity contribution in [2.75, 3.05) is 31.5 Å². The highest BCUT2D eigenvalue weighted by molar-refractivity contribution is 5.94. The first-order valence-corrected chi connectivity index (χ1v) is 8.86. The zero-order valence-corrected chi connectivity index (χ0v) is 14.1. The Morgan fingerprint density at radius 3 is 2.64 bits per heavy atom. The molecule has 0 saturated carbocycles. The smallest absolute Gasteiger partial charge is 0.320 e. The first-order valence-electron chi connectivity index (χ1n) is 8.86. The standard InChI is InChI=1S/C17H22N6O2/c24-16(18-13-5-6-14-15(10-13)20-21-19-14)12-4-3-9-23(11-12)17(25)22-7-1-2-8-22/h5-6,10,12H,1-4,7-9,11H2,(H,18,24)(H,19,20,21)/t12-/m0/s1. The third-order valence-corrected chi connectivity index (χ3v) is 5.02. The summed E-state index contributed by atoms with van der Waals surface area (Å²) in [5, 5.41) is 13.5. The normalized spacial score (nSPS) is 20.9. The van der Waals surface area contributed by atoms with Crippen LogP contribution >= 0.6 is 0 Å². The number of benzene rings is 1. The highest BCUT2D eigenvalue weighted by atomic mass is 16.2. The molecule has 2 aliphatic rings. The average Bonchev–Trinajstić information content (AvgIpc) is 3.32. The zero-order valence-electron chi connectivity index (χ0n) is 14.1. The molecule has 1 atom stereocenters. The number of carbonyl (C=O) groups is 2. The fourth-order valence-electron chi connectivity index (χ4n) is 3.64. The molecule has 25 heavy (non-hydrogen) atoms. The highest BCUT2D eigenvalue weighted by Gasteiger charge is 2.31. The number of nitrogens with zero attached hydrogens (tertiary/aromatic N) is 4. The molecule has 1 aromatic heterocycles. The molecule has 2 fully saturated rings.